The number of methoxy groups -OCH3 is 1. The first kappa shape index (κ1) is 17.2. The van der Waals surface area contributed by atoms with Crippen molar-refractivity contribution in [2.75, 3.05) is 47.1 Å². The molecule has 0 radical (unpaired) electrons. The lowest BCUT2D eigenvalue weighted by molar-refractivity contribution is -0.142. The highest BCUT2D eigenvalue weighted by Gasteiger charge is 2.38. The van der Waals surface area contributed by atoms with Gasteiger partial charge < -0.3 is 30.1 Å². The molecular formula is C12H21N3O6. The molecule has 0 saturated carbocycles. The average molecular weight is 303 g/mol. The number of hydrogen-bond acceptors (Lipinski definition) is 5. The Kier molecular flexibility index (Phi) is 6.89. The number of carbonyl (C=O) groups excluding carboxylic acids is 2. The number of rotatable bonds is 7. The zero-order chi connectivity index (χ0) is 15.8. The van der Waals surface area contributed by atoms with Crippen LogP contribution in [-0.4, -0.2) is 81.0 Å². The van der Waals surface area contributed by atoms with Crippen molar-refractivity contribution >= 4 is 17.9 Å². The summed E-state index contributed by atoms with van der Waals surface area (Å²) >= 11 is 0. The van der Waals surface area contributed by atoms with Gasteiger partial charge in [0.25, 0.3) is 0 Å². The Balaban J connectivity index is 2.37. The van der Waals surface area contributed by atoms with E-state index >= 15 is 0 Å². The van der Waals surface area contributed by atoms with Gasteiger partial charge in [-0.1, -0.05) is 0 Å². The Morgan fingerprint density at radius 2 is 2.05 bits per heavy atom. The van der Waals surface area contributed by atoms with E-state index in [0.29, 0.717) is 13.2 Å². The van der Waals surface area contributed by atoms with Crippen molar-refractivity contribution in [1.82, 2.24) is 15.5 Å². The van der Waals surface area contributed by atoms with Gasteiger partial charge in [0, 0.05) is 20.7 Å². The molecule has 1 aliphatic heterocycles. The second-order valence-corrected chi connectivity index (χ2v) is 4.66. The summed E-state index contributed by atoms with van der Waals surface area (Å²) in [6.07, 6.45) is 0. The first-order valence-electron chi connectivity index (χ1n) is 6.54. The maximum atomic E-state index is 11.9. The van der Waals surface area contributed by atoms with E-state index in [1.54, 1.807) is 0 Å². The minimum absolute atomic E-state index is 0.0785. The molecule has 120 valence electrons. The lowest BCUT2D eigenvalue weighted by Gasteiger charge is -2.26. The summed E-state index contributed by atoms with van der Waals surface area (Å²) in [6, 6.07) is -1.06. The first-order chi connectivity index (χ1) is 9.97. The fraction of sp³-hybridized carbons (Fsp3) is 0.750. The number of nitrogens with one attached hydrogen (secondary N) is 2. The van der Waals surface area contributed by atoms with Crippen molar-refractivity contribution in [2.45, 2.75) is 6.04 Å². The van der Waals surface area contributed by atoms with Crippen LogP contribution in [0.25, 0.3) is 0 Å². The molecule has 9 heteroatoms. The molecule has 0 aromatic carbocycles. The van der Waals surface area contributed by atoms with Gasteiger partial charge >= 0.3 is 12.0 Å². The van der Waals surface area contributed by atoms with Gasteiger partial charge in [0.15, 0.2) is 0 Å². The lowest BCUT2D eigenvalue weighted by atomic mass is 10.0. The number of urea groups is 1. The molecule has 1 aliphatic rings. The third-order valence-corrected chi connectivity index (χ3v) is 3.21. The smallest absolute Gasteiger partial charge is 0.317 e. The number of ether oxygens (including phenoxy) is 2. The number of carbonyl (C=O) groups is 3. The van der Waals surface area contributed by atoms with Gasteiger partial charge in [0.05, 0.1) is 32.4 Å². The zero-order valence-corrected chi connectivity index (χ0v) is 12.1. The molecule has 0 aromatic heterocycles. The molecule has 21 heavy (non-hydrogen) atoms. The van der Waals surface area contributed by atoms with Crippen LogP contribution >= 0.6 is 0 Å². The summed E-state index contributed by atoms with van der Waals surface area (Å²) < 4.78 is 9.88. The fourth-order valence-corrected chi connectivity index (χ4v) is 1.95. The SMILES string of the molecule is COCCNC(=O)CNC(=O)N(C)C1COCC1C(=O)O. The summed E-state index contributed by atoms with van der Waals surface area (Å²) in [7, 11) is 3.00. The molecule has 2 unspecified atom stereocenters. The Hall–Kier alpha value is -1.87. The molecule has 1 heterocycles. The number of hydrogen-bond donors (Lipinski definition) is 3. The van der Waals surface area contributed by atoms with E-state index in [4.69, 9.17) is 14.6 Å². The standard InChI is InChI=1S/C12H21N3O6/c1-15(9-7-21-6-8(9)11(17)18)12(19)14-5-10(16)13-3-4-20-2/h8-9H,3-7H2,1-2H3,(H,13,16)(H,14,19)(H,17,18). The summed E-state index contributed by atoms with van der Waals surface area (Å²) in [5.41, 5.74) is 0. The van der Waals surface area contributed by atoms with Gasteiger partial charge in [0.1, 0.15) is 5.92 Å². The minimum Gasteiger partial charge on any atom is -0.481 e. The van der Waals surface area contributed by atoms with Gasteiger partial charge in [0.2, 0.25) is 5.91 Å². The summed E-state index contributed by atoms with van der Waals surface area (Å²) in [6.45, 7) is 0.812. The molecule has 1 fully saturated rings. The number of nitrogens with zero attached hydrogens (tertiary/aromatic N) is 1. The number of amides is 3. The van der Waals surface area contributed by atoms with E-state index in [0.717, 1.165) is 0 Å². The number of likely N-dealkylation sites (N-methyl/N-ethyl adjacent to an activating group) is 1. The minimum atomic E-state index is -1.01. The van der Waals surface area contributed by atoms with E-state index in [-0.39, 0.29) is 25.7 Å². The molecule has 1 saturated heterocycles. The lowest BCUT2D eigenvalue weighted by Crippen LogP contribution is -2.50. The van der Waals surface area contributed by atoms with E-state index < -0.39 is 24.0 Å². The van der Waals surface area contributed by atoms with Crippen LogP contribution in [0.5, 0.6) is 0 Å². The quantitative estimate of drug-likeness (QED) is 0.492. The van der Waals surface area contributed by atoms with Gasteiger partial charge in [-0.25, -0.2) is 4.79 Å². The molecule has 3 N–H and O–H groups in total. The van der Waals surface area contributed by atoms with Crippen molar-refractivity contribution in [3.63, 3.8) is 0 Å². The van der Waals surface area contributed by atoms with Crippen LogP contribution < -0.4 is 10.6 Å². The molecule has 0 bridgehead atoms. The second-order valence-electron chi connectivity index (χ2n) is 4.66. The zero-order valence-electron chi connectivity index (χ0n) is 12.1. The number of carboxylic acids is 1. The van der Waals surface area contributed by atoms with Crippen molar-refractivity contribution in [2.24, 2.45) is 5.92 Å². The van der Waals surface area contributed by atoms with E-state index in [9.17, 15) is 14.4 Å². The third-order valence-electron chi connectivity index (χ3n) is 3.21. The molecule has 2 atom stereocenters. The van der Waals surface area contributed by atoms with Crippen LogP contribution in [0, 0.1) is 5.92 Å². The number of carboxylic acid groups (broad SMARTS) is 1. The Labute approximate surface area is 122 Å². The predicted molar refractivity (Wildman–Crippen MR) is 71.8 cm³/mol. The molecular weight excluding hydrogens is 282 g/mol. The van der Waals surface area contributed by atoms with E-state index in [2.05, 4.69) is 10.6 Å². The highest BCUT2D eigenvalue weighted by Crippen LogP contribution is 2.18. The Morgan fingerprint density at radius 1 is 1.33 bits per heavy atom. The largest absolute Gasteiger partial charge is 0.481 e. The van der Waals surface area contributed by atoms with Crippen LogP contribution in [0.15, 0.2) is 0 Å². The van der Waals surface area contributed by atoms with Crippen molar-refractivity contribution in [3.05, 3.63) is 0 Å². The molecule has 3 amide bonds. The Morgan fingerprint density at radius 3 is 2.67 bits per heavy atom. The molecule has 1 rings (SSSR count). The van der Waals surface area contributed by atoms with Crippen LogP contribution in [0.4, 0.5) is 4.79 Å². The second kappa shape index (κ2) is 8.42. The van der Waals surface area contributed by atoms with Gasteiger partial charge in [-0.05, 0) is 0 Å². The van der Waals surface area contributed by atoms with Crippen molar-refractivity contribution in [1.29, 1.82) is 0 Å². The van der Waals surface area contributed by atoms with E-state index in [1.165, 1.54) is 19.1 Å². The van der Waals surface area contributed by atoms with Gasteiger partial charge in [-0.15, -0.1) is 0 Å². The van der Waals surface area contributed by atoms with Crippen molar-refractivity contribution in [3.8, 4) is 0 Å². The fourth-order valence-electron chi connectivity index (χ4n) is 1.95. The third kappa shape index (κ3) is 5.20. The predicted octanol–water partition coefficient (Wildman–Crippen LogP) is -1.51. The first-order valence-corrected chi connectivity index (χ1v) is 6.54. The molecule has 0 aliphatic carbocycles. The Bertz CT molecular complexity index is 389. The highest BCUT2D eigenvalue weighted by atomic mass is 16.5. The molecule has 9 nitrogen and oxygen atoms in total. The van der Waals surface area contributed by atoms with Crippen molar-refractivity contribution < 1.29 is 29.0 Å². The normalized spacial score (nSPS) is 20.9. The van der Waals surface area contributed by atoms with E-state index in [1.807, 2.05) is 0 Å². The molecule has 0 aromatic rings. The van der Waals surface area contributed by atoms with Crippen LogP contribution in [0.1, 0.15) is 0 Å². The highest BCUT2D eigenvalue weighted by molar-refractivity contribution is 5.84. The summed E-state index contributed by atoms with van der Waals surface area (Å²) in [5.74, 6) is -2.10. The maximum absolute atomic E-state index is 11.9. The van der Waals surface area contributed by atoms with Gasteiger partial charge in [-0.2, -0.15) is 0 Å². The average Bonchev–Trinajstić information content (AvgIpc) is 2.93. The van der Waals surface area contributed by atoms with Crippen LogP contribution in [0.3, 0.4) is 0 Å². The van der Waals surface area contributed by atoms with Crippen LogP contribution in [-0.2, 0) is 19.1 Å². The number of aliphatic carboxylic acids is 1. The van der Waals surface area contributed by atoms with Crippen LogP contribution in [0.2, 0.25) is 0 Å². The summed E-state index contributed by atoms with van der Waals surface area (Å²) in [5, 5.41) is 14.0. The summed E-state index contributed by atoms with van der Waals surface area (Å²) in [4.78, 5) is 35.6. The monoisotopic (exact) mass is 303 g/mol. The maximum Gasteiger partial charge on any atom is 0.317 e. The van der Waals surface area contributed by atoms with Gasteiger partial charge in [-0.3, -0.25) is 9.59 Å². The molecule has 0 spiro atoms. The topological polar surface area (TPSA) is 117 Å².